The number of methoxy groups -OCH3 is 1. The third-order valence-electron chi connectivity index (χ3n) is 5.25. The maximum Gasteiger partial charge on any atom is 0.149 e. The summed E-state index contributed by atoms with van der Waals surface area (Å²) in [5, 5.41) is 0.235. The Morgan fingerprint density at radius 3 is 2.85 bits per heavy atom. The Kier molecular flexibility index (Phi) is 3.91. The number of hydrogen-bond acceptors (Lipinski definition) is 3. The van der Waals surface area contributed by atoms with Gasteiger partial charge in [0.25, 0.3) is 0 Å². The molecule has 0 aliphatic carbocycles. The quantitative estimate of drug-likeness (QED) is 0.679. The number of fused-ring (bicyclic) bond motifs is 1. The number of halogens is 2. The summed E-state index contributed by atoms with van der Waals surface area (Å²) in [5.41, 5.74) is 1.22. The highest BCUT2D eigenvalue weighted by Crippen LogP contribution is 2.45. The van der Waals surface area contributed by atoms with E-state index in [1.165, 1.54) is 18.2 Å². The van der Waals surface area contributed by atoms with E-state index in [0.717, 1.165) is 37.6 Å². The molecule has 27 heavy (non-hydrogen) atoms. The van der Waals surface area contributed by atoms with Gasteiger partial charge >= 0.3 is 0 Å². The summed E-state index contributed by atoms with van der Waals surface area (Å²) < 4.78 is 57.6. The Bertz CT molecular complexity index is 1020. The van der Waals surface area contributed by atoms with E-state index in [2.05, 4.69) is 11.9 Å². The average Bonchev–Trinajstić information content (AvgIpc) is 2.67. The second-order valence-corrected chi connectivity index (χ2v) is 7.44. The highest BCUT2D eigenvalue weighted by molar-refractivity contribution is 6.30. The van der Waals surface area contributed by atoms with Crippen LogP contribution in [-0.2, 0) is 0 Å². The molecule has 0 saturated carbocycles. The zero-order valence-corrected chi connectivity index (χ0v) is 15.7. The van der Waals surface area contributed by atoms with E-state index in [1.54, 1.807) is 12.1 Å². The summed E-state index contributed by atoms with van der Waals surface area (Å²) in [6.45, 7) is 1.85. The molecular weight excluding hydrogens is 365 g/mol. The van der Waals surface area contributed by atoms with Crippen LogP contribution in [-0.4, -0.2) is 32.1 Å². The SMILES string of the molecule is [2H]C([2H])([2H])Oc1cc(Cl)ccc1[C@@]1([2H])C=C(F)c2cccc(C3CCN(C)CC3)c2O1. The summed E-state index contributed by atoms with van der Waals surface area (Å²) in [4.78, 5) is 2.24. The van der Waals surface area contributed by atoms with Crippen LogP contribution in [0.2, 0.25) is 5.02 Å². The predicted molar refractivity (Wildman–Crippen MR) is 106 cm³/mol. The highest BCUT2D eigenvalue weighted by Gasteiger charge is 2.30. The fourth-order valence-electron chi connectivity index (χ4n) is 3.75. The van der Waals surface area contributed by atoms with Crippen molar-refractivity contribution in [2.75, 3.05) is 27.2 Å². The third kappa shape index (κ3) is 3.56. The maximum absolute atomic E-state index is 15.2. The molecular formula is C22H23ClFNO2. The molecule has 142 valence electrons. The predicted octanol–water partition coefficient (Wildman–Crippen LogP) is 5.60. The van der Waals surface area contributed by atoms with E-state index in [4.69, 9.17) is 26.6 Å². The van der Waals surface area contributed by atoms with Crippen molar-refractivity contribution in [3.63, 3.8) is 0 Å². The number of ether oxygens (including phenoxy) is 2. The van der Waals surface area contributed by atoms with Gasteiger partial charge in [0.05, 0.1) is 18.1 Å². The first kappa shape index (κ1) is 14.0. The molecule has 0 aromatic heterocycles. The Morgan fingerprint density at radius 2 is 2.07 bits per heavy atom. The first-order chi connectivity index (χ1) is 14.6. The van der Waals surface area contributed by atoms with Crippen LogP contribution >= 0.6 is 11.6 Å². The number of piperidine rings is 1. The fourth-order valence-corrected chi connectivity index (χ4v) is 3.91. The molecule has 1 fully saturated rings. The van der Waals surface area contributed by atoms with Gasteiger partial charge in [-0.2, -0.15) is 0 Å². The van der Waals surface area contributed by atoms with Crippen molar-refractivity contribution in [2.45, 2.75) is 24.8 Å². The minimum atomic E-state index is -2.76. The monoisotopic (exact) mass is 391 g/mol. The Balaban J connectivity index is 1.77. The van der Waals surface area contributed by atoms with Gasteiger partial charge in [0, 0.05) is 10.6 Å². The van der Waals surface area contributed by atoms with E-state index >= 15 is 4.39 Å². The molecule has 3 nitrogen and oxygen atoms in total. The molecule has 0 bridgehead atoms. The van der Waals surface area contributed by atoms with Crippen LogP contribution in [0.25, 0.3) is 5.83 Å². The molecule has 2 aliphatic rings. The van der Waals surface area contributed by atoms with Gasteiger partial charge in [-0.1, -0.05) is 23.7 Å². The lowest BCUT2D eigenvalue weighted by molar-refractivity contribution is 0.226. The zero-order valence-electron chi connectivity index (χ0n) is 19.0. The lowest BCUT2D eigenvalue weighted by Gasteiger charge is -2.32. The number of benzene rings is 2. The minimum Gasteiger partial charge on any atom is -0.496 e. The van der Waals surface area contributed by atoms with Crippen LogP contribution < -0.4 is 9.47 Å². The molecule has 5 heteroatoms. The van der Waals surface area contributed by atoms with E-state index in [0.29, 0.717) is 11.3 Å². The summed E-state index contributed by atoms with van der Waals surface area (Å²) in [5.74, 6) is -0.237. The van der Waals surface area contributed by atoms with Gasteiger partial charge in [0.1, 0.15) is 23.4 Å². The number of nitrogens with zero attached hydrogens (tertiary/aromatic N) is 1. The molecule has 0 spiro atoms. The fraction of sp³-hybridized carbons (Fsp3) is 0.364. The standard InChI is InChI=1S/C22H23ClFNO2/c1-25-10-8-14(9-11-25)16-4-3-5-17-19(24)13-21(27-22(16)17)18-7-6-15(23)12-20(18)26-2/h3-7,12-14,21H,8-11H2,1-2H3/t21-/m1/s1/i2D3,21D. The van der Waals surface area contributed by atoms with Crippen LogP contribution in [0.15, 0.2) is 42.5 Å². The molecule has 0 radical (unpaired) electrons. The van der Waals surface area contributed by atoms with Crippen LogP contribution in [0.3, 0.4) is 0 Å². The van der Waals surface area contributed by atoms with E-state index < -0.39 is 18.9 Å². The maximum atomic E-state index is 15.2. The van der Waals surface area contributed by atoms with E-state index in [9.17, 15) is 0 Å². The third-order valence-corrected chi connectivity index (χ3v) is 5.49. The van der Waals surface area contributed by atoms with Gasteiger partial charge in [-0.25, -0.2) is 4.39 Å². The lowest BCUT2D eigenvalue weighted by Crippen LogP contribution is -2.29. The van der Waals surface area contributed by atoms with Crippen molar-refractivity contribution in [3.8, 4) is 11.5 Å². The molecule has 1 atom stereocenters. The van der Waals surface area contributed by atoms with Crippen molar-refractivity contribution in [3.05, 3.63) is 64.2 Å². The second-order valence-electron chi connectivity index (χ2n) is 7.00. The number of likely N-dealkylation sites (tertiary alicyclic amines) is 1. The molecule has 2 aliphatic heterocycles. The Labute approximate surface area is 170 Å². The molecule has 1 saturated heterocycles. The van der Waals surface area contributed by atoms with Crippen molar-refractivity contribution in [1.82, 2.24) is 4.90 Å². The molecule has 2 aromatic rings. The Morgan fingerprint density at radius 1 is 1.26 bits per heavy atom. The molecule has 4 rings (SSSR count). The number of hydrogen-bond donors (Lipinski definition) is 0. The second kappa shape index (κ2) is 7.53. The smallest absolute Gasteiger partial charge is 0.149 e. The van der Waals surface area contributed by atoms with Crippen LogP contribution in [0.1, 0.15) is 47.0 Å². The van der Waals surface area contributed by atoms with E-state index in [1.807, 2.05) is 6.07 Å². The number of para-hydroxylation sites is 1. The van der Waals surface area contributed by atoms with Gasteiger partial charge in [-0.3, -0.25) is 0 Å². The largest absolute Gasteiger partial charge is 0.496 e. The Hall–Kier alpha value is -2.04. The van der Waals surface area contributed by atoms with Crippen molar-refractivity contribution in [1.29, 1.82) is 0 Å². The molecule has 0 amide bonds. The van der Waals surface area contributed by atoms with Crippen molar-refractivity contribution in [2.24, 2.45) is 0 Å². The van der Waals surface area contributed by atoms with Crippen molar-refractivity contribution < 1.29 is 19.3 Å². The zero-order chi connectivity index (χ0) is 22.4. The molecule has 0 unspecified atom stereocenters. The van der Waals surface area contributed by atoms with Crippen LogP contribution in [0.4, 0.5) is 4.39 Å². The lowest BCUT2D eigenvalue weighted by atomic mass is 9.87. The average molecular weight is 392 g/mol. The van der Waals surface area contributed by atoms with Crippen LogP contribution in [0.5, 0.6) is 11.5 Å². The van der Waals surface area contributed by atoms with E-state index in [-0.39, 0.29) is 22.3 Å². The topological polar surface area (TPSA) is 21.7 Å². The summed E-state index contributed by atoms with van der Waals surface area (Å²) in [7, 11) is -0.693. The van der Waals surface area contributed by atoms with Gasteiger partial charge in [0.2, 0.25) is 0 Å². The van der Waals surface area contributed by atoms with Crippen LogP contribution in [0, 0.1) is 0 Å². The van der Waals surface area contributed by atoms with Gasteiger partial charge in [-0.15, -0.1) is 0 Å². The molecule has 2 heterocycles. The summed E-state index contributed by atoms with van der Waals surface area (Å²) in [6.07, 6.45) is 0.829. The normalized spacial score (nSPS) is 26.0. The summed E-state index contributed by atoms with van der Waals surface area (Å²) >= 11 is 6.02. The number of rotatable bonds is 3. The molecule has 0 N–H and O–H groups in total. The van der Waals surface area contributed by atoms with Gasteiger partial charge in [0.15, 0.2) is 0 Å². The van der Waals surface area contributed by atoms with Gasteiger partial charge in [-0.05, 0) is 74.8 Å². The molecule has 2 aromatic carbocycles. The first-order valence-electron chi connectivity index (χ1n) is 10.9. The summed E-state index contributed by atoms with van der Waals surface area (Å²) in [6, 6.07) is 9.56. The first-order valence-corrected chi connectivity index (χ1v) is 9.32. The van der Waals surface area contributed by atoms with Crippen molar-refractivity contribution >= 4 is 17.4 Å². The van der Waals surface area contributed by atoms with Gasteiger partial charge < -0.3 is 14.4 Å². The minimum absolute atomic E-state index is 0.0620. The highest BCUT2D eigenvalue weighted by atomic mass is 35.5.